The fraction of sp³-hybridized carbons (Fsp3) is 0.500. The highest BCUT2D eigenvalue weighted by Gasteiger charge is 2.29. The molecule has 1 N–H and O–H groups in total. The molecule has 0 saturated heterocycles. The number of hydrogen-bond donors (Lipinski definition) is 1. The van der Waals surface area contributed by atoms with Crippen molar-refractivity contribution in [2.45, 2.75) is 32.4 Å². The summed E-state index contributed by atoms with van der Waals surface area (Å²) in [5.41, 5.74) is 0.802. The molecule has 0 saturated carbocycles. The Bertz CT molecular complexity index is 492. The summed E-state index contributed by atoms with van der Waals surface area (Å²) in [6, 6.07) is 1.18. The Balaban J connectivity index is 3.07. The Morgan fingerprint density at radius 1 is 1.38 bits per heavy atom. The standard InChI is InChI=1S/C10H15FN2O2S/c1-7-5-9(11)12-6-8(7)13-16(14,15)10(2,3)4/h5-6,13H,1-4H3. The number of halogens is 1. The summed E-state index contributed by atoms with van der Waals surface area (Å²) < 4.78 is 37.9. The van der Waals surface area contributed by atoms with Gasteiger partial charge in [0, 0.05) is 0 Å². The molecule has 0 unspecified atom stereocenters. The molecule has 0 spiro atoms. The van der Waals surface area contributed by atoms with Crippen molar-refractivity contribution >= 4 is 15.7 Å². The Morgan fingerprint density at radius 3 is 2.38 bits per heavy atom. The number of sulfonamides is 1. The molecule has 90 valence electrons. The molecule has 1 aromatic heterocycles. The molecule has 0 atom stereocenters. The van der Waals surface area contributed by atoms with E-state index in [-0.39, 0.29) is 0 Å². The van der Waals surface area contributed by atoms with Crippen LogP contribution in [0, 0.1) is 12.9 Å². The molecule has 0 aromatic carbocycles. The molecule has 0 bridgehead atoms. The van der Waals surface area contributed by atoms with Crippen LogP contribution >= 0.6 is 0 Å². The predicted octanol–water partition coefficient (Wildman–Crippen LogP) is 2.07. The Kier molecular flexibility index (Phi) is 3.23. The van der Waals surface area contributed by atoms with Crippen molar-refractivity contribution in [1.29, 1.82) is 0 Å². The van der Waals surface area contributed by atoms with Gasteiger partial charge in [0.25, 0.3) is 0 Å². The van der Waals surface area contributed by atoms with Gasteiger partial charge in [-0.3, -0.25) is 4.72 Å². The fourth-order valence-corrected chi connectivity index (χ4v) is 1.74. The second-order valence-electron chi connectivity index (χ2n) is 4.54. The van der Waals surface area contributed by atoms with Gasteiger partial charge in [-0.25, -0.2) is 13.4 Å². The quantitative estimate of drug-likeness (QED) is 0.813. The van der Waals surface area contributed by atoms with Gasteiger partial charge >= 0.3 is 0 Å². The Hall–Kier alpha value is -1.17. The van der Waals surface area contributed by atoms with Crippen LogP contribution in [-0.2, 0) is 10.0 Å². The van der Waals surface area contributed by atoms with Crippen molar-refractivity contribution in [3.63, 3.8) is 0 Å². The molecule has 0 amide bonds. The van der Waals surface area contributed by atoms with E-state index in [0.717, 1.165) is 0 Å². The minimum Gasteiger partial charge on any atom is -0.281 e. The van der Waals surface area contributed by atoms with Crippen LogP contribution in [-0.4, -0.2) is 18.1 Å². The first-order chi connectivity index (χ1) is 7.13. The average Bonchev–Trinajstić information content (AvgIpc) is 2.08. The van der Waals surface area contributed by atoms with E-state index >= 15 is 0 Å². The SMILES string of the molecule is Cc1cc(F)ncc1NS(=O)(=O)C(C)(C)C. The van der Waals surface area contributed by atoms with E-state index in [2.05, 4.69) is 9.71 Å². The lowest BCUT2D eigenvalue weighted by molar-refractivity contribution is 0.565. The number of aromatic nitrogens is 1. The highest BCUT2D eigenvalue weighted by Crippen LogP contribution is 2.21. The zero-order valence-electron chi connectivity index (χ0n) is 9.70. The summed E-state index contributed by atoms with van der Waals surface area (Å²) in [5.74, 6) is -0.629. The van der Waals surface area contributed by atoms with Gasteiger partial charge in [-0.1, -0.05) is 0 Å². The normalized spacial score (nSPS) is 12.6. The first-order valence-electron chi connectivity index (χ1n) is 4.78. The first-order valence-corrected chi connectivity index (χ1v) is 6.26. The molecule has 0 fully saturated rings. The molecule has 1 rings (SSSR count). The number of hydrogen-bond acceptors (Lipinski definition) is 3. The molecule has 0 radical (unpaired) electrons. The lowest BCUT2D eigenvalue weighted by Gasteiger charge is -2.21. The average molecular weight is 246 g/mol. The van der Waals surface area contributed by atoms with Gasteiger partial charge < -0.3 is 0 Å². The molecule has 4 nitrogen and oxygen atoms in total. The van der Waals surface area contributed by atoms with E-state index in [9.17, 15) is 12.8 Å². The van der Waals surface area contributed by atoms with Crippen molar-refractivity contribution < 1.29 is 12.8 Å². The number of anilines is 1. The molecule has 16 heavy (non-hydrogen) atoms. The number of rotatable bonds is 2. The highest BCUT2D eigenvalue weighted by molar-refractivity contribution is 7.94. The summed E-state index contributed by atoms with van der Waals surface area (Å²) in [6.07, 6.45) is 1.17. The van der Waals surface area contributed by atoms with Crippen LogP contribution in [0.3, 0.4) is 0 Å². The molecular weight excluding hydrogens is 231 g/mol. The van der Waals surface area contributed by atoms with Gasteiger partial charge in [0.15, 0.2) is 0 Å². The third kappa shape index (κ3) is 2.69. The lowest BCUT2D eigenvalue weighted by Crippen LogP contribution is -2.33. The molecule has 0 aliphatic carbocycles. The van der Waals surface area contributed by atoms with E-state index in [1.165, 1.54) is 12.3 Å². The molecule has 1 aromatic rings. The van der Waals surface area contributed by atoms with Crippen LogP contribution in [0.4, 0.5) is 10.1 Å². The van der Waals surface area contributed by atoms with Crippen molar-refractivity contribution in [1.82, 2.24) is 4.98 Å². The zero-order valence-corrected chi connectivity index (χ0v) is 10.5. The number of pyridine rings is 1. The molecule has 6 heteroatoms. The molecular formula is C10H15FN2O2S. The van der Waals surface area contributed by atoms with E-state index in [0.29, 0.717) is 11.3 Å². The van der Waals surface area contributed by atoms with Gasteiger partial charge in [-0.05, 0) is 39.3 Å². The zero-order chi connectivity index (χ0) is 12.6. The van der Waals surface area contributed by atoms with Crippen molar-refractivity contribution in [3.8, 4) is 0 Å². The maximum Gasteiger partial charge on any atom is 0.237 e. The van der Waals surface area contributed by atoms with Crippen LogP contribution in [0.2, 0.25) is 0 Å². The minimum absolute atomic E-state index is 0.302. The van der Waals surface area contributed by atoms with Crippen molar-refractivity contribution in [2.75, 3.05) is 4.72 Å². The van der Waals surface area contributed by atoms with E-state index in [4.69, 9.17) is 0 Å². The van der Waals surface area contributed by atoms with Gasteiger partial charge in [0.1, 0.15) is 0 Å². The smallest absolute Gasteiger partial charge is 0.237 e. The summed E-state index contributed by atoms with van der Waals surface area (Å²) in [5, 5.41) is 0. The third-order valence-corrected chi connectivity index (χ3v) is 4.23. The van der Waals surface area contributed by atoms with E-state index < -0.39 is 20.7 Å². The number of aryl methyl sites for hydroxylation is 1. The van der Waals surface area contributed by atoms with Crippen LogP contribution < -0.4 is 4.72 Å². The summed E-state index contributed by atoms with van der Waals surface area (Å²) in [6.45, 7) is 6.37. The third-order valence-electron chi connectivity index (χ3n) is 2.13. The molecule has 1 heterocycles. The van der Waals surface area contributed by atoms with Gasteiger partial charge in [0.05, 0.1) is 16.6 Å². The Morgan fingerprint density at radius 2 is 1.94 bits per heavy atom. The monoisotopic (exact) mass is 246 g/mol. The second kappa shape index (κ2) is 4.01. The topological polar surface area (TPSA) is 59.1 Å². The van der Waals surface area contributed by atoms with Crippen molar-refractivity contribution in [2.24, 2.45) is 0 Å². The number of nitrogens with one attached hydrogen (secondary N) is 1. The molecule has 0 aliphatic heterocycles. The van der Waals surface area contributed by atoms with Crippen LogP contribution in [0.5, 0.6) is 0 Å². The first kappa shape index (κ1) is 12.9. The van der Waals surface area contributed by atoms with Gasteiger partial charge in [-0.15, -0.1) is 0 Å². The fourth-order valence-electron chi connectivity index (χ4n) is 0.926. The highest BCUT2D eigenvalue weighted by atomic mass is 32.2. The largest absolute Gasteiger partial charge is 0.281 e. The van der Waals surface area contributed by atoms with Crippen LogP contribution in [0.1, 0.15) is 26.3 Å². The minimum atomic E-state index is -3.50. The van der Waals surface area contributed by atoms with Crippen LogP contribution in [0.25, 0.3) is 0 Å². The summed E-state index contributed by atoms with van der Waals surface area (Å²) >= 11 is 0. The predicted molar refractivity (Wildman–Crippen MR) is 61.2 cm³/mol. The molecule has 0 aliphatic rings. The van der Waals surface area contributed by atoms with Gasteiger partial charge in [-0.2, -0.15) is 4.39 Å². The second-order valence-corrected chi connectivity index (χ2v) is 6.98. The summed E-state index contributed by atoms with van der Waals surface area (Å²) in [4.78, 5) is 3.41. The van der Waals surface area contributed by atoms with E-state index in [1.54, 1.807) is 27.7 Å². The maximum absolute atomic E-state index is 12.7. The number of nitrogens with zero attached hydrogens (tertiary/aromatic N) is 1. The summed E-state index contributed by atoms with van der Waals surface area (Å²) in [7, 11) is -3.50. The maximum atomic E-state index is 12.7. The van der Waals surface area contributed by atoms with Crippen molar-refractivity contribution in [3.05, 3.63) is 23.8 Å². The lowest BCUT2D eigenvalue weighted by atomic mass is 10.2. The Labute approximate surface area is 95.0 Å². The van der Waals surface area contributed by atoms with Gasteiger partial charge in [0.2, 0.25) is 16.0 Å². The van der Waals surface area contributed by atoms with E-state index in [1.807, 2.05) is 0 Å². The van der Waals surface area contributed by atoms with Crippen LogP contribution in [0.15, 0.2) is 12.3 Å².